The van der Waals surface area contributed by atoms with Gasteiger partial charge in [0.1, 0.15) is 0 Å². The Kier molecular flexibility index (Phi) is 1.83. The molecule has 78 valence electrons. The Morgan fingerprint density at radius 1 is 1.47 bits per heavy atom. The van der Waals surface area contributed by atoms with Crippen molar-refractivity contribution in [1.82, 2.24) is 20.3 Å². The molecule has 5 nitrogen and oxygen atoms in total. The van der Waals surface area contributed by atoms with E-state index in [0.717, 1.165) is 17.2 Å². The topological polar surface area (TPSA) is 67.6 Å². The number of H-pyrrole nitrogens is 1. The number of nitrogens with zero attached hydrogens (tertiary/aromatic N) is 3. The number of aromatic nitrogens is 4. The van der Waals surface area contributed by atoms with Crippen molar-refractivity contribution in [3.8, 4) is 11.6 Å². The van der Waals surface area contributed by atoms with E-state index < -0.39 is 0 Å². The van der Waals surface area contributed by atoms with E-state index in [0.29, 0.717) is 11.8 Å². The average Bonchev–Trinajstić information content (AvgIpc) is 2.70. The van der Waals surface area contributed by atoms with Gasteiger partial charge in [0.05, 0.1) is 0 Å². The van der Waals surface area contributed by atoms with E-state index in [9.17, 15) is 0 Å². The summed E-state index contributed by atoms with van der Waals surface area (Å²) in [4.78, 5) is 4.36. The van der Waals surface area contributed by atoms with Crippen molar-refractivity contribution in [2.24, 2.45) is 0 Å². The number of aromatic amines is 1. The SMILES string of the molecule is Cc1cc(-c2nc(C3CCC3)no2)n[nH]1. The van der Waals surface area contributed by atoms with Crippen LogP contribution in [0.4, 0.5) is 0 Å². The fraction of sp³-hybridized carbons (Fsp3) is 0.500. The average molecular weight is 204 g/mol. The van der Waals surface area contributed by atoms with Gasteiger partial charge in [0.15, 0.2) is 11.5 Å². The molecule has 0 aromatic carbocycles. The minimum Gasteiger partial charge on any atom is -0.332 e. The molecule has 1 N–H and O–H groups in total. The van der Waals surface area contributed by atoms with E-state index in [2.05, 4.69) is 20.3 Å². The molecule has 2 aromatic rings. The Bertz CT molecular complexity index is 469. The maximum absolute atomic E-state index is 5.18. The highest BCUT2D eigenvalue weighted by Gasteiger charge is 2.25. The van der Waals surface area contributed by atoms with Crippen LogP contribution in [0.25, 0.3) is 11.6 Å². The molecule has 0 unspecified atom stereocenters. The van der Waals surface area contributed by atoms with Crippen LogP contribution in [0, 0.1) is 6.92 Å². The normalized spacial score (nSPS) is 16.6. The molecule has 0 spiro atoms. The first kappa shape index (κ1) is 8.64. The fourth-order valence-electron chi connectivity index (χ4n) is 1.70. The van der Waals surface area contributed by atoms with Crippen LogP contribution in [0.2, 0.25) is 0 Å². The third-order valence-corrected chi connectivity index (χ3v) is 2.84. The minimum absolute atomic E-state index is 0.502. The Hall–Kier alpha value is -1.65. The highest BCUT2D eigenvalue weighted by Crippen LogP contribution is 2.35. The van der Waals surface area contributed by atoms with Gasteiger partial charge in [0.2, 0.25) is 0 Å². The Morgan fingerprint density at radius 2 is 2.33 bits per heavy atom. The van der Waals surface area contributed by atoms with Crippen molar-refractivity contribution in [1.29, 1.82) is 0 Å². The van der Waals surface area contributed by atoms with Gasteiger partial charge in [-0.25, -0.2) is 0 Å². The Labute approximate surface area is 86.9 Å². The van der Waals surface area contributed by atoms with Crippen molar-refractivity contribution in [3.05, 3.63) is 17.6 Å². The quantitative estimate of drug-likeness (QED) is 0.812. The number of aryl methyl sites for hydroxylation is 1. The lowest BCUT2D eigenvalue weighted by Crippen LogP contribution is -2.10. The van der Waals surface area contributed by atoms with Crippen LogP contribution in [-0.4, -0.2) is 20.3 Å². The minimum atomic E-state index is 0.502. The summed E-state index contributed by atoms with van der Waals surface area (Å²) in [6, 6.07) is 1.90. The van der Waals surface area contributed by atoms with Crippen molar-refractivity contribution in [2.45, 2.75) is 32.1 Å². The molecular formula is C10H12N4O. The first-order valence-corrected chi connectivity index (χ1v) is 5.19. The Morgan fingerprint density at radius 3 is 2.93 bits per heavy atom. The van der Waals surface area contributed by atoms with Crippen LogP contribution in [0.15, 0.2) is 10.6 Å². The summed E-state index contributed by atoms with van der Waals surface area (Å²) in [5.41, 5.74) is 1.72. The fourth-order valence-corrected chi connectivity index (χ4v) is 1.70. The first-order valence-electron chi connectivity index (χ1n) is 5.19. The molecule has 2 heterocycles. The van der Waals surface area contributed by atoms with Crippen LogP contribution in [0.5, 0.6) is 0 Å². The number of hydrogen-bond acceptors (Lipinski definition) is 4. The molecular weight excluding hydrogens is 192 g/mol. The zero-order valence-corrected chi connectivity index (χ0v) is 8.53. The van der Waals surface area contributed by atoms with E-state index in [1.165, 1.54) is 19.3 Å². The predicted octanol–water partition coefficient (Wildman–Crippen LogP) is 2.04. The lowest BCUT2D eigenvalue weighted by atomic mass is 9.85. The maximum Gasteiger partial charge on any atom is 0.278 e. The molecule has 1 saturated carbocycles. The highest BCUT2D eigenvalue weighted by molar-refractivity contribution is 5.46. The van der Waals surface area contributed by atoms with Crippen LogP contribution >= 0.6 is 0 Å². The zero-order chi connectivity index (χ0) is 10.3. The number of hydrogen-bond donors (Lipinski definition) is 1. The van der Waals surface area contributed by atoms with Crippen LogP contribution in [-0.2, 0) is 0 Å². The van der Waals surface area contributed by atoms with Crippen LogP contribution in [0.3, 0.4) is 0 Å². The maximum atomic E-state index is 5.18. The van der Waals surface area contributed by atoms with Gasteiger partial charge < -0.3 is 4.52 Å². The van der Waals surface area contributed by atoms with Gasteiger partial charge in [-0.05, 0) is 25.8 Å². The lowest BCUT2D eigenvalue weighted by molar-refractivity contribution is 0.366. The van der Waals surface area contributed by atoms with Crippen molar-refractivity contribution < 1.29 is 4.52 Å². The molecule has 0 radical (unpaired) electrons. The summed E-state index contributed by atoms with van der Waals surface area (Å²) in [5.74, 6) is 1.85. The first-order chi connectivity index (χ1) is 7.33. The largest absolute Gasteiger partial charge is 0.332 e. The van der Waals surface area contributed by atoms with E-state index >= 15 is 0 Å². The lowest BCUT2D eigenvalue weighted by Gasteiger charge is -2.20. The van der Waals surface area contributed by atoms with Gasteiger partial charge in [-0.2, -0.15) is 10.1 Å². The van der Waals surface area contributed by atoms with Crippen LogP contribution in [0.1, 0.15) is 36.7 Å². The van der Waals surface area contributed by atoms with Gasteiger partial charge in [-0.3, -0.25) is 5.10 Å². The molecule has 1 fully saturated rings. The summed E-state index contributed by atoms with van der Waals surface area (Å²) in [6.45, 7) is 1.94. The van der Waals surface area contributed by atoms with Gasteiger partial charge in [0, 0.05) is 11.6 Å². The summed E-state index contributed by atoms with van der Waals surface area (Å²) < 4.78 is 5.18. The van der Waals surface area contributed by atoms with E-state index in [1.54, 1.807) is 0 Å². The third kappa shape index (κ3) is 1.44. The van der Waals surface area contributed by atoms with Crippen molar-refractivity contribution in [2.75, 3.05) is 0 Å². The molecule has 0 bridgehead atoms. The predicted molar refractivity (Wildman–Crippen MR) is 53.2 cm³/mol. The van der Waals surface area contributed by atoms with Crippen molar-refractivity contribution in [3.63, 3.8) is 0 Å². The van der Waals surface area contributed by atoms with Gasteiger partial charge in [-0.15, -0.1) is 0 Å². The highest BCUT2D eigenvalue weighted by atomic mass is 16.5. The Balaban J connectivity index is 1.89. The van der Waals surface area contributed by atoms with E-state index in [1.807, 2.05) is 13.0 Å². The van der Waals surface area contributed by atoms with Gasteiger partial charge >= 0.3 is 0 Å². The molecule has 3 rings (SSSR count). The summed E-state index contributed by atoms with van der Waals surface area (Å²) in [5, 5.41) is 10.9. The second-order valence-electron chi connectivity index (χ2n) is 4.02. The summed E-state index contributed by atoms with van der Waals surface area (Å²) in [7, 11) is 0. The molecule has 0 saturated heterocycles. The van der Waals surface area contributed by atoms with Crippen LogP contribution < -0.4 is 0 Å². The molecule has 1 aliphatic rings. The number of nitrogens with one attached hydrogen (secondary N) is 1. The molecule has 0 atom stereocenters. The molecule has 0 amide bonds. The summed E-state index contributed by atoms with van der Waals surface area (Å²) >= 11 is 0. The third-order valence-electron chi connectivity index (χ3n) is 2.84. The second kappa shape index (κ2) is 3.18. The van der Waals surface area contributed by atoms with E-state index in [4.69, 9.17) is 4.52 Å². The summed E-state index contributed by atoms with van der Waals surface area (Å²) in [6.07, 6.45) is 3.63. The zero-order valence-electron chi connectivity index (χ0n) is 8.53. The molecule has 15 heavy (non-hydrogen) atoms. The number of rotatable bonds is 2. The molecule has 5 heteroatoms. The standard InChI is InChI=1S/C10H12N4O/c1-6-5-8(13-12-6)10-11-9(14-15-10)7-3-2-4-7/h5,7H,2-4H2,1H3,(H,12,13). The molecule has 1 aliphatic carbocycles. The van der Waals surface area contributed by atoms with Gasteiger partial charge in [0.25, 0.3) is 5.89 Å². The van der Waals surface area contributed by atoms with Gasteiger partial charge in [-0.1, -0.05) is 11.6 Å². The smallest absolute Gasteiger partial charge is 0.278 e. The monoisotopic (exact) mass is 204 g/mol. The van der Waals surface area contributed by atoms with Crippen molar-refractivity contribution >= 4 is 0 Å². The molecule has 0 aliphatic heterocycles. The van der Waals surface area contributed by atoms with E-state index in [-0.39, 0.29) is 0 Å². The second-order valence-corrected chi connectivity index (χ2v) is 4.02. The molecule has 2 aromatic heterocycles.